The van der Waals surface area contributed by atoms with Crippen LogP contribution in [0.1, 0.15) is 59.3 Å². The third-order valence-corrected chi connectivity index (χ3v) is 8.30. The molecular weight excluding hydrogens is 288 g/mol. The van der Waals surface area contributed by atoms with Gasteiger partial charge in [0, 0.05) is 5.41 Å². The number of aliphatic hydroxyl groups excluding tert-OH is 3. The molecule has 0 unspecified atom stereocenters. The summed E-state index contributed by atoms with van der Waals surface area (Å²) in [6, 6.07) is 0. The smallest absolute Gasteiger partial charge is 0.0810 e. The molecule has 0 radical (unpaired) electrons. The van der Waals surface area contributed by atoms with E-state index in [1.54, 1.807) is 0 Å². The Bertz CT molecular complexity index is 541. The Morgan fingerprint density at radius 2 is 1.65 bits per heavy atom. The molecule has 4 fully saturated rings. The summed E-state index contributed by atoms with van der Waals surface area (Å²) in [7, 11) is 0. The highest BCUT2D eigenvalue weighted by atomic mass is 16.3. The molecule has 3 nitrogen and oxygen atoms in total. The van der Waals surface area contributed by atoms with Gasteiger partial charge in [-0.2, -0.15) is 0 Å². The molecule has 4 aliphatic rings. The van der Waals surface area contributed by atoms with Crippen molar-refractivity contribution in [2.24, 2.45) is 34.0 Å². The van der Waals surface area contributed by atoms with E-state index in [-0.39, 0.29) is 28.3 Å². The van der Waals surface area contributed by atoms with Gasteiger partial charge in [-0.25, -0.2) is 0 Å². The summed E-state index contributed by atoms with van der Waals surface area (Å²) in [4.78, 5) is 0. The van der Waals surface area contributed by atoms with Crippen molar-refractivity contribution in [2.75, 3.05) is 0 Å². The minimum Gasteiger partial charge on any atom is -0.393 e. The van der Waals surface area contributed by atoms with Crippen LogP contribution in [-0.2, 0) is 0 Å². The molecule has 0 saturated heterocycles. The normalized spacial score (nSPS) is 57.7. The Labute approximate surface area is 139 Å². The van der Waals surface area contributed by atoms with Gasteiger partial charge in [-0.15, -0.1) is 0 Å². The van der Waals surface area contributed by atoms with Gasteiger partial charge in [-0.3, -0.25) is 0 Å². The van der Waals surface area contributed by atoms with Crippen molar-refractivity contribution < 1.29 is 15.3 Å². The number of hydrogen-bond donors (Lipinski definition) is 3. The molecule has 1 spiro atoms. The summed E-state index contributed by atoms with van der Waals surface area (Å²) in [6.07, 6.45) is 4.25. The quantitative estimate of drug-likeness (QED) is 0.602. The van der Waals surface area contributed by atoms with Gasteiger partial charge < -0.3 is 15.3 Å². The van der Waals surface area contributed by atoms with Crippen LogP contribution in [0.4, 0.5) is 0 Å². The Morgan fingerprint density at radius 3 is 2.35 bits per heavy atom. The van der Waals surface area contributed by atoms with Crippen LogP contribution in [0.2, 0.25) is 0 Å². The van der Waals surface area contributed by atoms with Crippen LogP contribution in [0.5, 0.6) is 0 Å². The van der Waals surface area contributed by atoms with Crippen molar-refractivity contribution in [1.29, 1.82) is 0 Å². The summed E-state index contributed by atoms with van der Waals surface area (Å²) >= 11 is 0. The molecule has 2 bridgehead atoms. The maximum absolute atomic E-state index is 11.1. The van der Waals surface area contributed by atoms with E-state index in [2.05, 4.69) is 27.4 Å². The summed E-state index contributed by atoms with van der Waals surface area (Å²) in [6.45, 7) is 10.9. The first-order valence-corrected chi connectivity index (χ1v) is 9.35. The third-order valence-electron chi connectivity index (χ3n) is 8.30. The van der Waals surface area contributed by atoms with Crippen molar-refractivity contribution in [1.82, 2.24) is 0 Å². The molecule has 4 aliphatic carbocycles. The van der Waals surface area contributed by atoms with E-state index in [1.807, 2.05) is 0 Å². The molecule has 130 valence electrons. The lowest BCUT2D eigenvalue weighted by atomic mass is 9.40. The summed E-state index contributed by atoms with van der Waals surface area (Å²) < 4.78 is 0. The monoisotopic (exact) mass is 320 g/mol. The maximum Gasteiger partial charge on any atom is 0.0810 e. The highest BCUT2D eigenvalue weighted by Gasteiger charge is 2.69. The minimum atomic E-state index is -0.477. The van der Waals surface area contributed by atoms with Gasteiger partial charge in [0.15, 0.2) is 0 Å². The van der Waals surface area contributed by atoms with E-state index < -0.39 is 12.2 Å². The standard InChI is InChI=1S/C20H32O3/c1-11-12-5-6-15-19(4)9-13(21)8-18(2,3)16(19)14(22)10-20(15,7-12)17(11)23/h12-17,21-23H,1,5-10H2,2-4H3/t12-,13+,14+,15+,16-,17+,19+,20+/m1/s1. The van der Waals surface area contributed by atoms with E-state index in [9.17, 15) is 15.3 Å². The Kier molecular flexibility index (Phi) is 3.23. The van der Waals surface area contributed by atoms with E-state index in [1.165, 1.54) is 0 Å². The topological polar surface area (TPSA) is 60.7 Å². The van der Waals surface area contributed by atoms with Crippen LogP contribution in [0, 0.1) is 34.0 Å². The largest absolute Gasteiger partial charge is 0.393 e. The highest BCUT2D eigenvalue weighted by Crippen LogP contribution is 2.71. The lowest BCUT2D eigenvalue weighted by molar-refractivity contribution is -0.229. The molecule has 3 N–H and O–H groups in total. The van der Waals surface area contributed by atoms with E-state index in [0.717, 1.165) is 37.7 Å². The highest BCUT2D eigenvalue weighted by molar-refractivity contribution is 5.28. The minimum absolute atomic E-state index is 0.0646. The van der Waals surface area contributed by atoms with Crippen LogP contribution >= 0.6 is 0 Å². The molecule has 0 aromatic carbocycles. The average Bonchev–Trinajstić information content (AvgIpc) is 2.57. The fourth-order valence-corrected chi connectivity index (χ4v) is 8.05. The van der Waals surface area contributed by atoms with Gasteiger partial charge in [0.05, 0.1) is 18.3 Å². The van der Waals surface area contributed by atoms with Crippen LogP contribution in [-0.4, -0.2) is 33.6 Å². The number of rotatable bonds is 0. The van der Waals surface area contributed by atoms with E-state index in [0.29, 0.717) is 18.3 Å². The number of fused-ring (bicyclic) bond motifs is 3. The second kappa shape index (κ2) is 4.62. The summed E-state index contributed by atoms with van der Waals surface area (Å²) in [5.41, 5.74) is 0.621. The molecule has 4 saturated carbocycles. The first-order valence-electron chi connectivity index (χ1n) is 9.35. The zero-order valence-electron chi connectivity index (χ0n) is 14.8. The molecule has 0 aliphatic heterocycles. The van der Waals surface area contributed by atoms with Gasteiger partial charge in [-0.05, 0) is 72.7 Å². The second-order valence-corrected chi connectivity index (χ2v) is 10.0. The number of hydrogen-bond acceptors (Lipinski definition) is 3. The molecule has 0 amide bonds. The predicted molar refractivity (Wildman–Crippen MR) is 89.7 cm³/mol. The lowest BCUT2D eigenvalue weighted by Gasteiger charge is -2.66. The van der Waals surface area contributed by atoms with Gasteiger partial charge >= 0.3 is 0 Å². The fraction of sp³-hybridized carbons (Fsp3) is 0.900. The van der Waals surface area contributed by atoms with Crippen LogP contribution in [0.3, 0.4) is 0 Å². The van der Waals surface area contributed by atoms with E-state index >= 15 is 0 Å². The van der Waals surface area contributed by atoms with Crippen LogP contribution in [0.25, 0.3) is 0 Å². The van der Waals surface area contributed by atoms with Crippen molar-refractivity contribution in [3.05, 3.63) is 12.2 Å². The number of aliphatic hydroxyl groups is 3. The van der Waals surface area contributed by atoms with Crippen molar-refractivity contribution >= 4 is 0 Å². The molecule has 3 heteroatoms. The fourth-order valence-electron chi connectivity index (χ4n) is 8.05. The van der Waals surface area contributed by atoms with Gasteiger partial charge in [-0.1, -0.05) is 27.4 Å². The second-order valence-electron chi connectivity index (χ2n) is 10.0. The predicted octanol–water partition coefficient (Wildman–Crippen LogP) is 2.89. The molecule has 23 heavy (non-hydrogen) atoms. The third kappa shape index (κ3) is 1.88. The lowest BCUT2D eigenvalue weighted by Crippen LogP contribution is -2.64. The van der Waals surface area contributed by atoms with Crippen molar-refractivity contribution in [3.8, 4) is 0 Å². The maximum atomic E-state index is 11.1. The zero-order valence-corrected chi connectivity index (χ0v) is 14.8. The summed E-state index contributed by atoms with van der Waals surface area (Å²) in [5.74, 6) is 1.00. The SMILES string of the molecule is C=C1[C@@H]2CC[C@H]3[C@]4(C)C[C@@H](O)CC(C)(C)[C@H]4[C@@H](O)C[C@]3(C2)[C@H]1O. The van der Waals surface area contributed by atoms with Crippen LogP contribution in [0.15, 0.2) is 12.2 Å². The first kappa shape index (κ1) is 16.1. The molecule has 0 aromatic rings. The molecular formula is C20H32O3. The molecule has 0 aromatic heterocycles. The van der Waals surface area contributed by atoms with Gasteiger partial charge in [0.1, 0.15) is 0 Å². The van der Waals surface area contributed by atoms with Crippen molar-refractivity contribution in [2.45, 2.75) is 77.6 Å². The molecule has 0 heterocycles. The first-order chi connectivity index (χ1) is 10.6. The van der Waals surface area contributed by atoms with Crippen LogP contribution < -0.4 is 0 Å². The average molecular weight is 320 g/mol. The Hall–Kier alpha value is -0.380. The van der Waals surface area contributed by atoms with E-state index in [4.69, 9.17) is 0 Å². The summed E-state index contributed by atoms with van der Waals surface area (Å²) in [5, 5.41) is 32.7. The Morgan fingerprint density at radius 1 is 0.957 bits per heavy atom. The van der Waals surface area contributed by atoms with Gasteiger partial charge in [0.25, 0.3) is 0 Å². The molecule has 4 rings (SSSR count). The molecule has 8 atom stereocenters. The van der Waals surface area contributed by atoms with Crippen molar-refractivity contribution in [3.63, 3.8) is 0 Å². The zero-order chi connectivity index (χ0) is 16.8. The van der Waals surface area contributed by atoms with Gasteiger partial charge in [0.2, 0.25) is 0 Å². The Balaban J connectivity index is 1.83.